The van der Waals surface area contributed by atoms with Gasteiger partial charge in [0.25, 0.3) is 10.0 Å². The average Bonchev–Trinajstić information content (AvgIpc) is 2.48. The number of nitrogens with one attached hydrogen (secondary N) is 1. The third-order valence-corrected chi connectivity index (χ3v) is 4.80. The molecule has 2 aromatic rings. The SMILES string of the molecule is CCNc1ncc(S(=O)(=O)N(C)c2ccccc2C)cn1. The van der Waals surface area contributed by atoms with E-state index in [-0.39, 0.29) is 4.90 Å². The van der Waals surface area contributed by atoms with Gasteiger partial charge in [0, 0.05) is 13.6 Å². The minimum absolute atomic E-state index is 0.0647. The number of rotatable bonds is 5. The maximum Gasteiger partial charge on any atom is 0.267 e. The molecule has 0 aliphatic heterocycles. The second kappa shape index (κ2) is 6.09. The standard InChI is InChI=1S/C14H18N4O2S/c1-4-15-14-16-9-12(10-17-14)21(19,20)18(3)13-8-6-5-7-11(13)2/h5-10H,4H2,1-3H3,(H,15,16,17). The summed E-state index contributed by atoms with van der Waals surface area (Å²) >= 11 is 0. The molecule has 6 nitrogen and oxygen atoms in total. The van der Waals surface area contributed by atoms with Crippen molar-refractivity contribution in [3.63, 3.8) is 0 Å². The van der Waals surface area contributed by atoms with Crippen LogP contribution in [0.4, 0.5) is 11.6 Å². The summed E-state index contributed by atoms with van der Waals surface area (Å²) in [5.74, 6) is 0.412. The number of hydrogen-bond acceptors (Lipinski definition) is 5. The summed E-state index contributed by atoms with van der Waals surface area (Å²) in [6.07, 6.45) is 2.63. The lowest BCUT2D eigenvalue weighted by Crippen LogP contribution is -2.27. The predicted octanol–water partition coefficient (Wildman–Crippen LogP) is 2.04. The van der Waals surface area contributed by atoms with Gasteiger partial charge in [0.15, 0.2) is 0 Å². The molecule has 0 bridgehead atoms. The molecule has 7 heteroatoms. The molecule has 0 unspecified atom stereocenters. The number of sulfonamides is 1. The van der Waals surface area contributed by atoms with Crippen LogP contribution < -0.4 is 9.62 Å². The maximum absolute atomic E-state index is 12.6. The highest BCUT2D eigenvalue weighted by Gasteiger charge is 2.23. The highest BCUT2D eigenvalue weighted by atomic mass is 32.2. The third kappa shape index (κ3) is 3.13. The number of para-hydroxylation sites is 1. The van der Waals surface area contributed by atoms with E-state index in [0.717, 1.165) is 5.56 Å². The van der Waals surface area contributed by atoms with Crippen LogP contribution in [0.3, 0.4) is 0 Å². The molecule has 1 aromatic heterocycles. The Bertz CT molecular complexity index is 714. The molecule has 1 heterocycles. The molecule has 0 saturated heterocycles. The predicted molar refractivity (Wildman–Crippen MR) is 83.0 cm³/mol. The number of aryl methyl sites for hydroxylation is 1. The first-order valence-electron chi connectivity index (χ1n) is 6.57. The fraction of sp³-hybridized carbons (Fsp3) is 0.286. The Balaban J connectivity index is 2.35. The summed E-state index contributed by atoms with van der Waals surface area (Å²) in [6.45, 7) is 4.46. The fourth-order valence-corrected chi connectivity index (χ4v) is 3.05. The Labute approximate surface area is 124 Å². The highest BCUT2D eigenvalue weighted by Crippen LogP contribution is 2.24. The number of anilines is 2. The van der Waals surface area contributed by atoms with E-state index in [1.54, 1.807) is 12.1 Å². The van der Waals surface area contributed by atoms with E-state index in [1.165, 1.54) is 23.7 Å². The summed E-state index contributed by atoms with van der Waals surface area (Å²) in [5, 5.41) is 2.93. The smallest absolute Gasteiger partial charge is 0.267 e. The van der Waals surface area contributed by atoms with E-state index in [4.69, 9.17) is 0 Å². The third-order valence-electron chi connectivity index (χ3n) is 3.08. The monoisotopic (exact) mass is 306 g/mol. The molecule has 0 amide bonds. The van der Waals surface area contributed by atoms with Gasteiger partial charge in [0.2, 0.25) is 5.95 Å². The van der Waals surface area contributed by atoms with Crippen molar-refractivity contribution in [2.45, 2.75) is 18.7 Å². The zero-order valence-corrected chi connectivity index (χ0v) is 13.1. The van der Waals surface area contributed by atoms with Crippen LogP contribution in [-0.2, 0) is 10.0 Å². The molecule has 0 spiro atoms. The normalized spacial score (nSPS) is 11.2. The van der Waals surface area contributed by atoms with E-state index < -0.39 is 10.0 Å². The van der Waals surface area contributed by atoms with Gasteiger partial charge in [0.05, 0.1) is 18.1 Å². The minimum atomic E-state index is -3.67. The van der Waals surface area contributed by atoms with E-state index in [1.807, 2.05) is 26.0 Å². The van der Waals surface area contributed by atoms with Gasteiger partial charge in [-0.25, -0.2) is 18.4 Å². The molecule has 0 fully saturated rings. The van der Waals surface area contributed by atoms with E-state index in [9.17, 15) is 8.42 Å². The van der Waals surface area contributed by atoms with Crippen molar-refractivity contribution >= 4 is 21.7 Å². The molecular formula is C14H18N4O2S. The van der Waals surface area contributed by atoms with Gasteiger partial charge in [-0.15, -0.1) is 0 Å². The molecule has 0 aliphatic rings. The number of nitrogens with zero attached hydrogens (tertiary/aromatic N) is 3. The Hall–Kier alpha value is -2.15. The first-order chi connectivity index (χ1) is 9.96. The van der Waals surface area contributed by atoms with E-state index in [0.29, 0.717) is 18.2 Å². The van der Waals surface area contributed by atoms with Crippen LogP contribution in [0.15, 0.2) is 41.6 Å². The van der Waals surface area contributed by atoms with E-state index >= 15 is 0 Å². The largest absolute Gasteiger partial charge is 0.355 e. The van der Waals surface area contributed by atoms with Gasteiger partial charge >= 0.3 is 0 Å². The summed E-state index contributed by atoms with van der Waals surface area (Å²) in [6, 6.07) is 7.31. The second-order valence-corrected chi connectivity index (χ2v) is 6.50. The van der Waals surface area contributed by atoms with Crippen molar-refractivity contribution in [3.05, 3.63) is 42.2 Å². The van der Waals surface area contributed by atoms with Crippen LogP contribution in [0.25, 0.3) is 0 Å². The molecule has 0 saturated carbocycles. The molecule has 0 aliphatic carbocycles. The molecule has 21 heavy (non-hydrogen) atoms. The minimum Gasteiger partial charge on any atom is -0.355 e. The Morgan fingerprint density at radius 2 is 1.81 bits per heavy atom. The topological polar surface area (TPSA) is 75.2 Å². The van der Waals surface area contributed by atoms with Crippen molar-refractivity contribution in [3.8, 4) is 0 Å². The molecule has 1 aromatic carbocycles. The molecule has 2 rings (SSSR count). The fourth-order valence-electron chi connectivity index (χ4n) is 1.90. The summed E-state index contributed by atoms with van der Waals surface area (Å²) in [7, 11) is -2.14. The zero-order valence-electron chi connectivity index (χ0n) is 12.2. The van der Waals surface area contributed by atoms with E-state index in [2.05, 4.69) is 15.3 Å². The van der Waals surface area contributed by atoms with Gasteiger partial charge in [-0.2, -0.15) is 0 Å². The summed E-state index contributed by atoms with van der Waals surface area (Å²) in [5.41, 5.74) is 1.52. The quantitative estimate of drug-likeness (QED) is 0.915. The molecule has 112 valence electrons. The lowest BCUT2D eigenvalue weighted by molar-refractivity contribution is 0.593. The summed E-state index contributed by atoms with van der Waals surface area (Å²) in [4.78, 5) is 8.08. The van der Waals surface area contributed by atoms with Gasteiger partial charge in [0.1, 0.15) is 4.90 Å². The molecule has 0 radical (unpaired) electrons. The van der Waals surface area contributed by atoms with Gasteiger partial charge in [-0.05, 0) is 25.5 Å². The Morgan fingerprint density at radius 3 is 2.38 bits per heavy atom. The van der Waals surface area contributed by atoms with Crippen molar-refractivity contribution in [1.82, 2.24) is 9.97 Å². The van der Waals surface area contributed by atoms with Crippen LogP contribution in [0.2, 0.25) is 0 Å². The van der Waals surface area contributed by atoms with Crippen LogP contribution in [0.5, 0.6) is 0 Å². The number of benzene rings is 1. The summed E-state index contributed by atoms with van der Waals surface area (Å²) < 4.78 is 26.4. The van der Waals surface area contributed by atoms with Crippen LogP contribution in [0.1, 0.15) is 12.5 Å². The zero-order chi connectivity index (χ0) is 15.5. The average molecular weight is 306 g/mol. The molecule has 1 N–H and O–H groups in total. The number of aromatic nitrogens is 2. The Kier molecular flexibility index (Phi) is 4.42. The first-order valence-corrected chi connectivity index (χ1v) is 8.01. The molecule has 0 atom stereocenters. The van der Waals surface area contributed by atoms with Crippen molar-refractivity contribution < 1.29 is 8.42 Å². The van der Waals surface area contributed by atoms with Crippen molar-refractivity contribution in [2.24, 2.45) is 0 Å². The van der Waals surface area contributed by atoms with Gasteiger partial charge in [-0.1, -0.05) is 18.2 Å². The Morgan fingerprint density at radius 1 is 1.19 bits per heavy atom. The maximum atomic E-state index is 12.6. The lowest BCUT2D eigenvalue weighted by Gasteiger charge is -2.21. The lowest BCUT2D eigenvalue weighted by atomic mass is 10.2. The van der Waals surface area contributed by atoms with Gasteiger partial charge < -0.3 is 5.32 Å². The van der Waals surface area contributed by atoms with Crippen molar-refractivity contribution in [1.29, 1.82) is 0 Å². The second-order valence-electron chi connectivity index (χ2n) is 4.53. The van der Waals surface area contributed by atoms with Crippen LogP contribution in [0, 0.1) is 6.92 Å². The molecular weight excluding hydrogens is 288 g/mol. The van der Waals surface area contributed by atoms with Gasteiger partial charge in [-0.3, -0.25) is 4.31 Å². The van der Waals surface area contributed by atoms with Crippen molar-refractivity contribution in [2.75, 3.05) is 23.2 Å². The number of hydrogen-bond donors (Lipinski definition) is 1. The first kappa shape index (κ1) is 15.2. The van der Waals surface area contributed by atoms with Crippen LogP contribution in [-0.4, -0.2) is 32.0 Å². The highest BCUT2D eigenvalue weighted by molar-refractivity contribution is 7.92. The van der Waals surface area contributed by atoms with Crippen LogP contribution >= 0.6 is 0 Å².